The Labute approximate surface area is 160 Å². The molecule has 6 nitrogen and oxygen atoms in total. The van der Waals surface area contributed by atoms with Gasteiger partial charge in [0.1, 0.15) is 5.75 Å². The Morgan fingerprint density at radius 3 is 2.74 bits per heavy atom. The van der Waals surface area contributed by atoms with Gasteiger partial charge in [-0.2, -0.15) is 0 Å². The Morgan fingerprint density at radius 2 is 2.07 bits per heavy atom. The third kappa shape index (κ3) is 3.70. The van der Waals surface area contributed by atoms with Crippen molar-refractivity contribution in [3.05, 3.63) is 40.8 Å². The zero-order valence-corrected chi connectivity index (χ0v) is 17.0. The lowest BCUT2D eigenvalue weighted by Crippen LogP contribution is -2.48. The van der Waals surface area contributed by atoms with Gasteiger partial charge in [-0.15, -0.1) is 0 Å². The third-order valence-corrected chi connectivity index (χ3v) is 5.33. The average Bonchev–Trinajstić information content (AvgIpc) is 2.99. The van der Waals surface area contributed by atoms with Crippen molar-refractivity contribution in [2.24, 2.45) is 7.05 Å². The van der Waals surface area contributed by atoms with Crippen molar-refractivity contribution < 1.29 is 9.53 Å². The smallest absolute Gasteiger partial charge is 0.259 e. The number of benzene rings is 1. The highest BCUT2D eigenvalue weighted by Crippen LogP contribution is 2.32. The maximum absolute atomic E-state index is 11.7. The molecule has 1 aromatic heterocycles. The lowest BCUT2D eigenvalue weighted by Gasteiger charge is -2.39. The Balaban J connectivity index is 1.83. The van der Waals surface area contributed by atoms with Gasteiger partial charge in [0.05, 0.1) is 22.6 Å². The zero-order valence-electron chi connectivity index (χ0n) is 17.0. The Bertz CT molecular complexity index is 977. The zero-order chi connectivity index (χ0) is 19.8. The number of fused-ring (bicyclic) bond motifs is 1. The molecule has 1 aliphatic carbocycles. The fourth-order valence-corrected chi connectivity index (χ4v) is 3.32. The summed E-state index contributed by atoms with van der Waals surface area (Å²) in [4.78, 5) is 20.0. The van der Waals surface area contributed by atoms with Crippen molar-refractivity contribution in [2.75, 3.05) is 32.6 Å². The van der Waals surface area contributed by atoms with E-state index >= 15 is 0 Å². The minimum Gasteiger partial charge on any atom is -0.484 e. The topological polar surface area (TPSA) is 50.6 Å². The van der Waals surface area contributed by atoms with Gasteiger partial charge in [-0.25, -0.2) is 4.98 Å². The van der Waals surface area contributed by atoms with E-state index in [9.17, 15) is 4.79 Å². The van der Waals surface area contributed by atoms with E-state index in [1.165, 1.54) is 4.90 Å². The molecule has 1 aromatic carbocycles. The van der Waals surface area contributed by atoms with Crippen LogP contribution < -0.4 is 20.3 Å². The summed E-state index contributed by atoms with van der Waals surface area (Å²) in [5, 5.41) is 2.20. The molecule has 27 heavy (non-hydrogen) atoms. The number of imidazole rings is 1. The van der Waals surface area contributed by atoms with Gasteiger partial charge in [0.2, 0.25) is 0 Å². The molecule has 0 fully saturated rings. The van der Waals surface area contributed by atoms with Crippen molar-refractivity contribution in [1.82, 2.24) is 14.5 Å². The molecule has 1 atom stereocenters. The molecule has 1 amide bonds. The standard InChI is InChI=1S/C21H28N4O2/c1-15-11-16(27-13-20(26)23(3)4)7-8-18(15)25(6)21(2)10-9-17-19(12-21)24(5)14-22-17/h7-9,11-12,14H,10,13H2,1-6H3. The van der Waals surface area contributed by atoms with Gasteiger partial charge in [-0.3, -0.25) is 4.79 Å². The van der Waals surface area contributed by atoms with Crippen LogP contribution in [0.2, 0.25) is 0 Å². The minimum absolute atomic E-state index is 0.0470. The molecule has 0 spiro atoms. The van der Waals surface area contributed by atoms with Crippen LogP contribution in [0.15, 0.2) is 24.5 Å². The highest BCUT2D eigenvalue weighted by atomic mass is 16.5. The highest BCUT2D eigenvalue weighted by Gasteiger charge is 2.29. The quantitative estimate of drug-likeness (QED) is 0.792. The van der Waals surface area contributed by atoms with E-state index < -0.39 is 0 Å². The molecule has 0 bridgehead atoms. The second-order valence-electron chi connectivity index (χ2n) is 7.62. The molecule has 1 aliphatic rings. The molecule has 0 radical (unpaired) electrons. The van der Waals surface area contributed by atoms with E-state index in [1.54, 1.807) is 14.1 Å². The number of likely N-dealkylation sites (N-methyl/N-ethyl adjacent to an activating group) is 1. The molecule has 144 valence electrons. The van der Waals surface area contributed by atoms with Gasteiger partial charge in [0, 0.05) is 33.9 Å². The van der Waals surface area contributed by atoms with E-state index in [2.05, 4.69) is 53.6 Å². The van der Waals surface area contributed by atoms with E-state index in [1.807, 2.05) is 25.5 Å². The summed E-state index contributed by atoms with van der Waals surface area (Å²) >= 11 is 0. The number of anilines is 1. The number of nitrogens with zero attached hydrogens (tertiary/aromatic N) is 4. The van der Waals surface area contributed by atoms with Crippen molar-refractivity contribution >= 4 is 23.7 Å². The van der Waals surface area contributed by atoms with E-state index in [0.29, 0.717) is 5.75 Å². The summed E-state index contributed by atoms with van der Waals surface area (Å²) < 4.78 is 7.69. The summed E-state index contributed by atoms with van der Waals surface area (Å²) in [6.07, 6.45) is 7.23. The molecule has 0 aliphatic heterocycles. The van der Waals surface area contributed by atoms with Gasteiger partial charge in [0.15, 0.2) is 6.61 Å². The molecule has 6 heteroatoms. The number of ether oxygens (including phenoxy) is 1. The van der Waals surface area contributed by atoms with Crippen LogP contribution in [-0.4, -0.2) is 53.6 Å². The van der Waals surface area contributed by atoms with Crippen molar-refractivity contribution in [3.8, 4) is 5.75 Å². The van der Waals surface area contributed by atoms with Crippen molar-refractivity contribution in [1.29, 1.82) is 0 Å². The van der Waals surface area contributed by atoms with Gasteiger partial charge in [-0.1, -0.05) is 6.08 Å². The van der Waals surface area contributed by atoms with Crippen LogP contribution in [0.5, 0.6) is 5.75 Å². The lowest BCUT2D eigenvalue weighted by molar-refractivity contribution is -0.130. The summed E-state index contributed by atoms with van der Waals surface area (Å²) in [7, 11) is 7.58. The van der Waals surface area contributed by atoms with Gasteiger partial charge >= 0.3 is 0 Å². The number of carbonyl (C=O) groups is 1. The number of carbonyl (C=O) groups excluding carboxylic acids is 1. The predicted octanol–water partition coefficient (Wildman–Crippen LogP) is 1.06. The number of amides is 1. The minimum atomic E-state index is -0.144. The van der Waals surface area contributed by atoms with Crippen LogP contribution in [0.1, 0.15) is 18.9 Å². The van der Waals surface area contributed by atoms with E-state index in [0.717, 1.165) is 28.4 Å². The first-order chi connectivity index (χ1) is 12.7. The first-order valence-corrected chi connectivity index (χ1v) is 9.09. The normalized spacial score (nSPS) is 18.1. The van der Waals surface area contributed by atoms with Crippen LogP contribution in [-0.2, 0) is 11.8 Å². The summed E-state index contributed by atoms with van der Waals surface area (Å²) in [6, 6.07) is 5.97. The lowest BCUT2D eigenvalue weighted by atomic mass is 9.91. The monoisotopic (exact) mass is 368 g/mol. The molecule has 0 N–H and O–H groups in total. The second kappa shape index (κ2) is 7.10. The van der Waals surface area contributed by atoms with Crippen LogP contribution >= 0.6 is 0 Å². The van der Waals surface area contributed by atoms with Gasteiger partial charge in [-0.05, 0) is 50.1 Å². The van der Waals surface area contributed by atoms with Crippen LogP contribution in [0.3, 0.4) is 0 Å². The SMILES string of the molecule is Cc1cc(OCC(=O)N(C)C)ccc1N(C)C1(C)C=c2c(ncn2C)=CC1. The predicted molar refractivity (Wildman–Crippen MR) is 108 cm³/mol. The second-order valence-corrected chi connectivity index (χ2v) is 7.62. The first-order valence-electron chi connectivity index (χ1n) is 9.09. The van der Waals surface area contributed by atoms with E-state index in [4.69, 9.17) is 4.74 Å². The average molecular weight is 368 g/mol. The molecule has 0 saturated carbocycles. The highest BCUT2D eigenvalue weighted by molar-refractivity contribution is 5.77. The van der Waals surface area contributed by atoms with Crippen molar-refractivity contribution in [2.45, 2.75) is 25.8 Å². The summed E-state index contributed by atoms with van der Waals surface area (Å²) in [6.45, 7) is 4.35. The van der Waals surface area contributed by atoms with Crippen molar-refractivity contribution in [3.63, 3.8) is 0 Å². The maximum atomic E-state index is 11.7. The Kier molecular flexibility index (Phi) is 5.00. The molecule has 1 heterocycles. The number of hydrogen-bond donors (Lipinski definition) is 0. The fraction of sp³-hybridized carbons (Fsp3) is 0.429. The summed E-state index contributed by atoms with van der Waals surface area (Å²) in [5.41, 5.74) is 2.10. The number of hydrogen-bond acceptors (Lipinski definition) is 4. The molecule has 1 unspecified atom stereocenters. The number of rotatable bonds is 5. The fourth-order valence-electron chi connectivity index (χ4n) is 3.32. The number of aryl methyl sites for hydroxylation is 2. The third-order valence-electron chi connectivity index (χ3n) is 5.33. The molecular weight excluding hydrogens is 340 g/mol. The Morgan fingerprint density at radius 1 is 1.33 bits per heavy atom. The molecule has 2 aromatic rings. The Hall–Kier alpha value is -2.76. The van der Waals surface area contributed by atoms with Crippen LogP contribution in [0, 0.1) is 6.92 Å². The largest absolute Gasteiger partial charge is 0.484 e. The van der Waals surface area contributed by atoms with E-state index in [-0.39, 0.29) is 18.1 Å². The van der Waals surface area contributed by atoms with Gasteiger partial charge in [0.25, 0.3) is 5.91 Å². The van der Waals surface area contributed by atoms with Crippen LogP contribution in [0.25, 0.3) is 12.2 Å². The number of aromatic nitrogens is 2. The molecule has 3 rings (SSSR count). The molecule has 0 saturated heterocycles. The van der Waals surface area contributed by atoms with Gasteiger partial charge < -0.3 is 19.1 Å². The van der Waals surface area contributed by atoms with Crippen LogP contribution in [0.4, 0.5) is 5.69 Å². The first kappa shape index (κ1) is 19.0. The maximum Gasteiger partial charge on any atom is 0.259 e. The summed E-state index contributed by atoms with van der Waals surface area (Å²) in [5.74, 6) is 0.652. The molecular formula is C21H28N4O2.